The Bertz CT molecular complexity index is 862. The molecule has 2 aromatic rings. The van der Waals surface area contributed by atoms with Gasteiger partial charge in [-0.05, 0) is 56.6 Å². The SMILES string of the molecule is COc1ccc2c(c1)CN(C(C)=O)C[C@H]([C@H]1CCCN(Cc3ccc(C)o3)C1)O2. The lowest BCUT2D eigenvalue weighted by atomic mass is 9.92. The van der Waals surface area contributed by atoms with Crippen molar-refractivity contribution in [3.63, 3.8) is 0 Å². The predicted molar refractivity (Wildman–Crippen MR) is 110 cm³/mol. The van der Waals surface area contributed by atoms with E-state index >= 15 is 0 Å². The summed E-state index contributed by atoms with van der Waals surface area (Å²) in [6, 6.07) is 9.94. The fourth-order valence-corrected chi connectivity index (χ4v) is 4.42. The highest BCUT2D eigenvalue weighted by Crippen LogP contribution is 2.33. The minimum atomic E-state index is -0.0188. The number of carbonyl (C=O) groups excluding carboxylic acids is 1. The molecular weight excluding hydrogens is 368 g/mol. The first-order chi connectivity index (χ1) is 14.0. The Balaban J connectivity index is 1.51. The minimum absolute atomic E-state index is 0.0188. The molecule has 4 rings (SSSR count). The van der Waals surface area contributed by atoms with Gasteiger partial charge >= 0.3 is 0 Å². The maximum absolute atomic E-state index is 12.3. The van der Waals surface area contributed by atoms with Crippen LogP contribution in [0.25, 0.3) is 0 Å². The second kappa shape index (κ2) is 8.49. The van der Waals surface area contributed by atoms with E-state index < -0.39 is 0 Å². The van der Waals surface area contributed by atoms with E-state index in [1.807, 2.05) is 36.1 Å². The number of hydrogen-bond acceptors (Lipinski definition) is 5. The van der Waals surface area contributed by atoms with Crippen LogP contribution in [0.1, 0.15) is 36.8 Å². The zero-order valence-electron chi connectivity index (χ0n) is 17.5. The van der Waals surface area contributed by atoms with Crippen molar-refractivity contribution >= 4 is 5.91 Å². The third kappa shape index (κ3) is 4.58. The van der Waals surface area contributed by atoms with Gasteiger partial charge in [0.1, 0.15) is 29.1 Å². The molecule has 1 fully saturated rings. The van der Waals surface area contributed by atoms with Crippen LogP contribution in [0.4, 0.5) is 0 Å². The van der Waals surface area contributed by atoms with E-state index in [2.05, 4.69) is 11.0 Å². The number of benzene rings is 1. The van der Waals surface area contributed by atoms with Crippen LogP contribution in [-0.4, -0.2) is 48.6 Å². The molecule has 6 heteroatoms. The average Bonchev–Trinajstić information content (AvgIpc) is 3.01. The summed E-state index contributed by atoms with van der Waals surface area (Å²) in [4.78, 5) is 16.6. The van der Waals surface area contributed by atoms with Crippen molar-refractivity contribution in [3.8, 4) is 11.5 Å². The molecule has 0 N–H and O–H groups in total. The number of furan rings is 1. The van der Waals surface area contributed by atoms with Gasteiger partial charge in [0.05, 0.1) is 20.2 Å². The molecule has 29 heavy (non-hydrogen) atoms. The number of aryl methyl sites for hydroxylation is 1. The summed E-state index contributed by atoms with van der Waals surface area (Å²) < 4.78 is 17.6. The molecule has 3 heterocycles. The van der Waals surface area contributed by atoms with Gasteiger partial charge < -0.3 is 18.8 Å². The number of fused-ring (bicyclic) bond motifs is 1. The molecule has 156 valence electrons. The number of nitrogens with zero attached hydrogens (tertiary/aromatic N) is 2. The van der Waals surface area contributed by atoms with Gasteiger partial charge in [-0.2, -0.15) is 0 Å². The van der Waals surface area contributed by atoms with E-state index in [1.165, 1.54) is 0 Å². The zero-order chi connectivity index (χ0) is 20.4. The van der Waals surface area contributed by atoms with Gasteiger partial charge in [-0.1, -0.05) is 0 Å². The van der Waals surface area contributed by atoms with Crippen molar-refractivity contribution < 1.29 is 18.7 Å². The standard InChI is InChI=1S/C23H30N2O4/c1-16-6-7-21(28-16)14-24-10-4-5-18(12-24)23-15-25(17(2)26)13-19-11-20(27-3)8-9-22(19)29-23/h6-9,11,18,23H,4-5,10,12-15H2,1-3H3/t18-,23+/m0/s1. The van der Waals surface area contributed by atoms with Gasteiger partial charge in [-0.15, -0.1) is 0 Å². The largest absolute Gasteiger partial charge is 0.497 e. The van der Waals surface area contributed by atoms with E-state index in [1.54, 1.807) is 14.0 Å². The first-order valence-electron chi connectivity index (χ1n) is 10.4. The van der Waals surface area contributed by atoms with E-state index in [0.29, 0.717) is 19.0 Å². The lowest BCUT2D eigenvalue weighted by molar-refractivity contribution is -0.130. The molecule has 2 atom stereocenters. The normalized spacial score (nSPS) is 22.5. The second-order valence-corrected chi connectivity index (χ2v) is 8.18. The Morgan fingerprint density at radius 2 is 2.10 bits per heavy atom. The third-order valence-electron chi connectivity index (χ3n) is 6.00. The fraction of sp³-hybridized carbons (Fsp3) is 0.522. The van der Waals surface area contributed by atoms with E-state index in [9.17, 15) is 4.79 Å². The van der Waals surface area contributed by atoms with Crippen LogP contribution < -0.4 is 9.47 Å². The van der Waals surface area contributed by atoms with Crippen molar-refractivity contribution in [2.75, 3.05) is 26.7 Å². The molecule has 2 aliphatic heterocycles. The average molecular weight is 399 g/mol. The number of methoxy groups -OCH3 is 1. The topological polar surface area (TPSA) is 55.2 Å². The number of piperidine rings is 1. The monoisotopic (exact) mass is 398 g/mol. The van der Waals surface area contributed by atoms with Crippen molar-refractivity contribution in [2.24, 2.45) is 5.92 Å². The van der Waals surface area contributed by atoms with Crippen molar-refractivity contribution in [1.29, 1.82) is 0 Å². The summed E-state index contributed by atoms with van der Waals surface area (Å²) in [5, 5.41) is 0. The molecule has 0 bridgehead atoms. The van der Waals surface area contributed by atoms with Crippen LogP contribution >= 0.6 is 0 Å². The van der Waals surface area contributed by atoms with Crippen LogP contribution in [0, 0.1) is 12.8 Å². The number of ether oxygens (including phenoxy) is 2. The summed E-state index contributed by atoms with van der Waals surface area (Å²) in [5.74, 6) is 4.05. The Morgan fingerprint density at radius 3 is 2.83 bits per heavy atom. The summed E-state index contributed by atoms with van der Waals surface area (Å²) in [7, 11) is 1.65. The summed E-state index contributed by atoms with van der Waals surface area (Å²) in [5.41, 5.74) is 1.00. The molecule has 0 saturated carbocycles. The highest BCUT2D eigenvalue weighted by atomic mass is 16.5. The Hall–Kier alpha value is -2.47. The lowest BCUT2D eigenvalue weighted by Crippen LogP contribution is -2.46. The van der Waals surface area contributed by atoms with Crippen LogP contribution in [-0.2, 0) is 17.9 Å². The molecule has 1 amide bonds. The van der Waals surface area contributed by atoms with Crippen molar-refractivity contribution in [1.82, 2.24) is 9.80 Å². The summed E-state index contributed by atoms with van der Waals surface area (Å²) in [6.45, 7) is 7.61. The van der Waals surface area contributed by atoms with Crippen molar-refractivity contribution in [2.45, 2.75) is 45.9 Å². The third-order valence-corrected chi connectivity index (χ3v) is 6.00. The maximum atomic E-state index is 12.3. The quantitative estimate of drug-likeness (QED) is 0.787. The maximum Gasteiger partial charge on any atom is 0.219 e. The second-order valence-electron chi connectivity index (χ2n) is 8.18. The van der Waals surface area contributed by atoms with Crippen molar-refractivity contribution in [3.05, 3.63) is 47.4 Å². The smallest absolute Gasteiger partial charge is 0.219 e. The zero-order valence-corrected chi connectivity index (χ0v) is 17.5. The number of likely N-dealkylation sites (tertiary alicyclic amines) is 1. The molecule has 2 aliphatic rings. The number of amides is 1. The fourth-order valence-electron chi connectivity index (χ4n) is 4.42. The Kier molecular flexibility index (Phi) is 5.81. The molecule has 0 radical (unpaired) electrons. The van der Waals surface area contributed by atoms with Gasteiger partial charge in [0.2, 0.25) is 5.91 Å². The van der Waals surface area contributed by atoms with Crippen LogP contribution in [0.5, 0.6) is 11.5 Å². The van der Waals surface area contributed by atoms with Crippen LogP contribution in [0.3, 0.4) is 0 Å². The van der Waals surface area contributed by atoms with Gasteiger partial charge in [-0.3, -0.25) is 9.69 Å². The van der Waals surface area contributed by atoms with Gasteiger partial charge in [0.15, 0.2) is 0 Å². The van der Waals surface area contributed by atoms with Crippen LogP contribution in [0.2, 0.25) is 0 Å². The molecular formula is C23H30N2O4. The number of hydrogen-bond donors (Lipinski definition) is 0. The predicted octanol–water partition coefficient (Wildman–Crippen LogP) is 3.62. The Labute approximate surface area is 172 Å². The van der Waals surface area contributed by atoms with Gasteiger partial charge in [0.25, 0.3) is 0 Å². The highest BCUT2D eigenvalue weighted by molar-refractivity contribution is 5.73. The molecule has 0 unspecified atom stereocenters. The molecule has 0 aliphatic carbocycles. The Morgan fingerprint density at radius 1 is 1.24 bits per heavy atom. The van der Waals surface area contributed by atoms with Gasteiger partial charge in [-0.25, -0.2) is 0 Å². The molecule has 0 spiro atoms. The molecule has 6 nitrogen and oxygen atoms in total. The highest BCUT2D eigenvalue weighted by Gasteiger charge is 2.33. The first-order valence-corrected chi connectivity index (χ1v) is 10.4. The summed E-state index contributed by atoms with van der Waals surface area (Å²) in [6.07, 6.45) is 2.21. The van der Waals surface area contributed by atoms with E-state index in [0.717, 1.165) is 61.1 Å². The number of carbonyl (C=O) groups is 1. The van der Waals surface area contributed by atoms with Crippen LogP contribution in [0.15, 0.2) is 34.7 Å². The number of rotatable bonds is 4. The lowest BCUT2D eigenvalue weighted by Gasteiger charge is -2.37. The first kappa shape index (κ1) is 19.8. The minimum Gasteiger partial charge on any atom is -0.497 e. The summed E-state index contributed by atoms with van der Waals surface area (Å²) >= 11 is 0. The molecule has 1 aromatic carbocycles. The van der Waals surface area contributed by atoms with E-state index in [4.69, 9.17) is 13.9 Å². The van der Waals surface area contributed by atoms with E-state index in [-0.39, 0.29) is 12.0 Å². The molecule has 1 saturated heterocycles. The molecule has 1 aromatic heterocycles. The van der Waals surface area contributed by atoms with Gasteiger partial charge in [0, 0.05) is 31.5 Å².